The first-order valence-corrected chi connectivity index (χ1v) is 11.0. The number of pyridine rings is 1. The van der Waals surface area contributed by atoms with Crippen LogP contribution in [0.3, 0.4) is 0 Å². The number of fused-ring (bicyclic) bond motifs is 1. The van der Waals surface area contributed by atoms with Gasteiger partial charge in [0, 0.05) is 22.6 Å². The molecule has 1 aromatic heterocycles. The van der Waals surface area contributed by atoms with Gasteiger partial charge < -0.3 is 5.32 Å². The number of carbonyl (C=O) groups excluding carboxylic acids is 1. The molecule has 2 aromatic carbocycles. The van der Waals surface area contributed by atoms with Gasteiger partial charge in [0.1, 0.15) is 0 Å². The summed E-state index contributed by atoms with van der Waals surface area (Å²) in [6.45, 7) is 6.70. The molecule has 0 unspecified atom stereocenters. The molecule has 4 nitrogen and oxygen atoms in total. The molecule has 1 aliphatic rings. The van der Waals surface area contributed by atoms with E-state index in [1.54, 1.807) is 0 Å². The summed E-state index contributed by atoms with van der Waals surface area (Å²) in [6, 6.07) is 16.1. The van der Waals surface area contributed by atoms with Crippen LogP contribution in [0.5, 0.6) is 0 Å². The Morgan fingerprint density at radius 2 is 1.80 bits per heavy atom. The molecule has 1 N–H and O–H groups in total. The Bertz CT molecular complexity index is 1060. The third-order valence-corrected chi connectivity index (χ3v) is 6.51. The van der Waals surface area contributed by atoms with E-state index in [4.69, 9.17) is 16.6 Å². The lowest BCUT2D eigenvalue weighted by molar-refractivity contribution is -0.120. The number of rotatable bonds is 6. The zero-order valence-electron chi connectivity index (χ0n) is 17.6. The number of benzene rings is 2. The lowest BCUT2D eigenvalue weighted by Crippen LogP contribution is -2.37. The molecule has 2 heterocycles. The molecule has 3 aromatic rings. The zero-order chi connectivity index (χ0) is 21.1. The molecule has 0 bridgehead atoms. The molecule has 1 fully saturated rings. The summed E-state index contributed by atoms with van der Waals surface area (Å²) >= 11 is 6.49. The highest BCUT2D eigenvalue weighted by Gasteiger charge is 2.25. The third kappa shape index (κ3) is 4.35. The van der Waals surface area contributed by atoms with Crippen LogP contribution < -0.4 is 5.32 Å². The van der Waals surface area contributed by atoms with Crippen LogP contribution in [-0.2, 0) is 11.2 Å². The number of aryl methyl sites for hydroxylation is 2. The van der Waals surface area contributed by atoms with Crippen molar-refractivity contribution in [1.82, 2.24) is 15.2 Å². The van der Waals surface area contributed by atoms with Crippen LogP contribution >= 0.6 is 11.6 Å². The molecule has 4 rings (SSSR count). The fraction of sp³-hybridized carbons (Fsp3) is 0.360. The molecule has 1 saturated heterocycles. The van der Waals surface area contributed by atoms with Gasteiger partial charge in [-0.3, -0.25) is 14.7 Å². The van der Waals surface area contributed by atoms with Crippen LogP contribution in [-0.4, -0.2) is 35.4 Å². The van der Waals surface area contributed by atoms with E-state index in [1.807, 2.05) is 43.3 Å². The summed E-state index contributed by atoms with van der Waals surface area (Å²) in [7, 11) is 0. The first kappa shape index (κ1) is 20.8. The number of carbonyl (C=O) groups is 1. The number of halogens is 1. The van der Waals surface area contributed by atoms with Crippen molar-refractivity contribution in [3.05, 3.63) is 75.9 Å². The van der Waals surface area contributed by atoms with Crippen LogP contribution in [0.25, 0.3) is 10.9 Å². The Morgan fingerprint density at radius 1 is 1.10 bits per heavy atom. The molecule has 156 valence electrons. The standard InChI is InChI=1S/C25H28ClN3O/c1-17-19-9-4-6-12-23(19)28-18(2)21(17)15-25(30)27-16-24(29-13-7-8-14-29)20-10-3-5-11-22(20)26/h3-6,9-12,24H,7-8,13-16H2,1-2H3,(H,27,30)/t24-/m1/s1. The Hall–Kier alpha value is -2.43. The number of hydrogen-bond donors (Lipinski definition) is 1. The maximum atomic E-state index is 12.9. The van der Waals surface area contributed by atoms with Crippen molar-refractivity contribution in [3.8, 4) is 0 Å². The SMILES string of the molecule is Cc1nc2ccccc2c(C)c1CC(=O)NC[C@H](c1ccccc1Cl)N1CCCC1. The Kier molecular flexibility index (Phi) is 6.35. The quantitative estimate of drug-likeness (QED) is 0.609. The maximum Gasteiger partial charge on any atom is 0.224 e. The van der Waals surface area contributed by atoms with Gasteiger partial charge in [0.25, 0.3) is 0 Å². The van der Waals surface area contributed by atoms with Gasteiger partial charge in [0.2, 0.25) is 5.91 Å². The smallest absolute Gasteiger partial charge is 0.224 e. The zero-order valence-corrected chi connectivity index (χ0v) is 18.4. The lowest BCUT2D eigenvalue weighted by atomic mass is 9.99. The summed E-state index contributed by atoms with van der Waals surface area (Å²) < 4.78 is 0. The molecule has 0 saturated carbocycles. The predicted molar refractivity (Wildman–Crippen MR) is 123 cm³/mol. The van der Waals surface area contributed by atoms with E-state index in [0.717, 1.165) is 51.4 Å². The monoisotopic (exact) mass is 421 g/mol. The van der Waals surface area contributed by atoms with Crippen molar-refractivity contribution in [2.75, 3.05) is 19.6 Å². The molecule has 1 atom stereocenters. The maximum absolute atomic E-state index is 12.9. The van der Waals surface area contributed by atoms with Gasteiger partial charge in [0.05, 0.1) is 18.0 Å². The summed E-state index contributed by atoms with van der Waals surface area (Å²) in [5.41, 5.74) is 5.13. The van der Waals surface area contributed by atoms with Crippen molar-refractivity contribution < 1.29 is 4.79 Å². The first-order valence-electron chi connectivity index (χ1n) is 10.6. The summed E-state index contributed by atoms with van der Waals surface area (Å²) in [5.74, 6) is 0.0227. The summed E-state index contributed by atoms with van der Waals surface area (Å²) in [5, 5.41) is 5.04. The number of likely N-dealkylation sites (tertiary alicyclic amines) is 1. The van der Waals surface area contributed by atoms with Crippen molar-refractivity contribution >= 4 is 28.4 Å². The molecule has 0 radical (unpaired) electrons. The van der Waals surface area contributed by atoms with E-state index in [0.29, 0.717) is 13.0 Å². The summed E-state index contributed by atoms with van der Waals surface area (Å²) in [4.78, 5) is 20.0. The highest BCUT2D eigenvalue weighted by molar-refractivity contribution is 6.31. The first-order chi connectivity index (χ1) is 14.5. The number of amides is 1. The fourth-order valence-corrected chi connectivity index (χ4v) is 4.76. The molecule has 1 aliphatic heterocycles. The van der Waals surface area contributed by atoms with E-state index < -0.39 is 0 Å². The number of nitrogens with one attached hydrogen (secondary N) is 1. The minimum Gasteiger partial charge on any atom is -0.354 e. The number of nitrogens with zero attached hydrogens (tertiary/aromatic N) is 2. The Morgan fingerprint density at radius 3 is 2.57 bits per heavy atom. The van der Waals surface area contributed by atoms with E-state index in [1.165, 1.54) is 12.8 Å². The highest BCUT2D eigenvalue weighted by atomic mass is 35.5. The Balaban J connectivity index is 1.51. The molecular formula is C25H28ClN3O. The molecule has 0 spiro atoms. The van der Waals surface area contributed by atoms with Gasteiger partial charge >= 0.3 is 0 Å². The van der Waals surface area contributed by atoms with Gasteiger partial charge in [-0.1, -0.05) is 48.0 Å². The highest BCUT2D eigenvalue weighted by Crippen LogP contribution is 2.30. The average molecular weight is 422 g/mol. The van der Waals surface area contributed by atoms with Crippen LogP contribution in [0.15, 0.2) is 48.5 Å². The topological polar surface area (TPSA) is 45.2 Å². The van der Waals surface area contributed by atoms with Crippen LogP contribution in [0, 0.1) is 13.8 Å². The molecule has 30 heavy (non-hydrogen) atoms. The second-order valence-electron chi connectivity index (χ2n) is 8.08. The van der Waals surface area contributed by atoms with Gasteiger partial charge in [-0.25, -0.2) is 0 Å². The van der Waals surface area contributed by atoms with Gasteiger partial charge in [0.15, 0.2) is 0 Å². The average Bonchev–Trinajstić information content (AvgIpc) is 3.27. The summed E-state index contributed by atoms with van der Waals surface area (Å²) in [6.07, 6.45) is 2.72. The van der Waals surface area contributed by atoms with Crippen LogP contribution in [0.1, 0.15) is 41.3 Å². The normalized spacial score (nSPS) is 15.4. The van der Waals surface area contributed by atoms with Gasteiger partial charge in [-0.15, -0.1) is 0 Å². The molecule has 1 amide bonds. The fourth-order valence-electron chi connectivity index (χ4n) is 4.50. The number of para-hydroxylation sites is 1. The van der Waals surface area contributed by atoms with Crippen molar-refractivity contribution in [1.29, 1.82) is 0 Å². The van der Waals surface area contributed by atoms with Crippen molar-refractivity contribution in [3.63, 3.8) is 0 Å². The second kappa shape index (κ2) is 9.15. The van der Waals surface area contributed by atoms with Crippen molar-refractivity contribution in [2.45, 2.75) is 39.2 Å². The predicted octanol–water partition coefficient (Wildman–Crippen LogP) is 5.00. The van der Waals surface area contributed by atoms with Gasteiger partial charge in [-0.2, -0.15) is 0 Å². The van der Waals surface area contributed by atoms with E-state index >= 15 is 0 Å². The minimum absolute atomic E-state index is 0.0227. The molecule has 0 aliphatic carbocycles. The van der Waals surface area contributed by atoms with Gasteiger partial charge in [-0.05, 0) is 68.6 Å². The largest absolute Gasteiger partial charge is 0.354 e. The van der Waals surface area contributed by atoms with Crippen LogP contribution in [0.2, 0.25) is 5.02 Å². The lowest BCUT2D eigenvalue weighted by Gasteiger charge is -2.29. The molecular weight excluding hydrogens is 394 g/mol. The number of hydrogen-bond acceptors (Lipinski definition) is 3. The Labute approximate surface area is 183 Å². The molecule has 5 heteroatoms. The minimum atomic E-state index is 0.0227. The third-order valence-electron chi connectivity index (χ3n) is 6.16. The van der Waals surface area contributed by atoms with E-state index in [9.17, 15) is 4.79 Å². The van der Waals surface area contributed by atoms with Crippen LogP contribution in [0.4, 0.5) is 0 Å². The van der Waals surface area contributed by atoms with E-state index in [-0.39, 0.29) is 11.9 Å². The second-order valence-corrected chi connectivity index (χ2v) is 8.49. The van der Waals surface area contributed by atoms with E-state index in [2.05, 4.69) is 29.3 Å². The van der Waals surface area contributed by atoms with Crippen molar-refractivity contribution in [2.24, 2.45) is 0 Å². The number of aromatic nitrogens is 1.